The van der Waals surface area contributed by atoms with E-state index in [4.69, 9.17) is 10.6 Å². The lowest BCUT2D eigenvalue weighted by Crippen LogP contribution is -2.25. The van der Waals surface area contributed by atoms with E-state index in [0.29, 0.717) is 5.75 Å². The molecule has 13 heavy (non-hydrogen) atoms. The van der Waals surface area contributed by atoms with E-state index in [9.17, 15) is 4.39 Å². The third-order valence-electron chi connectivity index (χ3n) is 1.91. The van der Waals surface area contributed by atoms with E-state index in [1.807, 2.05) is 6.92 Å². The maximum absolute atomic E-state index is 12.8. The van der Waals surface area contributed by atoms with Crippen molar-refractivity contribution in [1.29, 1.82) is 0 Å². The molecule has 0 radical (unpaired) electrons. The lowest BCUT2D eigenvalue weighted by molar-refractivity contribution is 0.399. The van der Waals surface area contributed by atoms with Crippen LogP contribution < -0.4 is 16.0 Å². The minimum atomic E-state index is -0.315. The van der Waals surface area contributed by atoms with Crippen LogP contribution in [-0.4, -0.2) is 7.11 Å². The second-order valence-electron chi connectivity index (χ2n) is 2.77. The SMILES string of the molecule is COc1cc(F)ccc1[C@H](C)NN. The largest absolute Gasteiger partial charge is 0.496 e. The van der Waals surface area contributed by atoms with Crippen molar-refractivity contribution in [3.63, 3.8) is 0 Å². The molecule has 0 saturated carbocycles. The van der Waals surface area contributed by atoms with Gasteiger partial charge >= 0.3 is 0 Å². The predicted octanol–water partition coefficient (Wildman–Crippen LogP) is 1.36. The molecule has 1 aromatic carbocycles. The number of methoxy groups -OCH3 is 1. The molecule has 0 fully saturated rings. The number of benzene rings is 1. The molecule has 0 saturated heterocycles. The molecule has 1 atom stereocenters. The van der Waals surface area contributed by atoms with Crippen LogP contribution in [0.3, 0.4) is 0 Å². The molecule has 72 valence electrons. The van der Waals surface area contributed by atoms with Gasteiger partial charge in [0.25, 0.3) is 0 Å². The van der Waals surface area contributed by atoms with Crippen LogP contribution in [0.1, 0.15) is 18.5 Å². The Morgan fingerprint density at radius 1 is 1.54 bits per heavy atom. The molecule has 1 rings (SSSR count). The normalized spacial score (nSPS) is 12.6. The Labute approximate surface area is 76.7 Å². The molecule has 0 aliphatic rings. The number of hydrazine groups is 1. The molecule has 0 aliphatic heterocycles. The van der Waals surface area contributed by atoms with Gasteiger partial charge in [-0.1, -0.05) is 6.07 Å². The molecule has 3 nitrogen and oxygen atoms in total. The molecule has 0 aromatic heterocycles. The Bertz CT molecular complexity index is 291. The van der Waals surface area contributed by atoms with Crippen molar-refractivity contribution in [2.24, 2.45) is 5.84 Å². The number of hydrogen-bond acceptors (Lipinski definition) is 3. The quantitative estimate of drug-likeness (QED) is 0.550. The summed E-state index contributed by atoms with van der Waals surface area (Å²) >= 11 is 0. The number of nitrogens with two attached hydrogens (primary N) is 1. The highest BCUT2D eigenvalue weighted by Gasteiger charge is 2.09. The van der Waals surface area contributed by atoms with E-state index in [-0.39, 0.29) is 11.9 Å². The maximum Gasteiger partial charge on any atom is 0.126 e. The summed E-state index contributed by atoms with van der Waals surface area (Å²) in [6, 6.07) is 4.31. The van der Waals surface area contributed by atoms with Crippen molar-refractivity contribution < 1.29 is 9.13 Å². The topological polar surface area (TPSA) is 47.3 Å². The first-order valence-corrected chi connectivity index (χ1v) is 3.98. The molecule has 0 amide bonds. The maximum atomic E-state index is 12.8. The van der Waals surface area contributed by atoms with Crippen molar-refractivity contribution in [2.75, 3.05) is 7.11 Å². The fourth-order valence-electron chi connectivity index (χ4n) is 1.13. The summed E-state index contributed by atoms with van der Waals surface area (Å²) in [4.78, 5) is 0. The van der Waals surface area contributed by atoms with Gasteiger partial charge in [0.2, 0.25) is 0 Å². The summed E-state index contributed by atoms with van der Waals surface area (Å²) in [6.45, 7) is 1.87. The Balaban J connectivity index is 3.05. The van der Waals surface area contributed by atoms with Gasteiger partial charge in [-0.2, -0.15) is 0 Å². The van der Waals surface area contributed by atoms with Crippen molar-refractivity contribution in [1.82, 2.24) is 5.43 Å². The molecule has 0 spiro atoms. The van der Waals surface area contributed by atoms with Crippen LogP contribution in [0.2, 0.25) is 0 Å². The summed E-state index contributed by atoms with van der Waals surface area (Å²) < 4.78 is 17.8. The number of rotatable bonds is 3. The highest BCUT2D eigenvalue weighted by molar-refractivity contribution is 5.36. The van der Waals surface area contributed by atoms with Crippen LogP contribution in [0.25, 0.3) is 0 Å². The van der Waals surface area contributed by atoms with E-state index in [1.54, 1.807) is 6.07 Å². The van der Waals surface area contributed by atoms with Crippen LogP contribution in [-0.2, 0) is 0 Å². The summed E-state index contributed by atoms with van der Waals surface area (Å²) in [5, 5.41) is 0. The van der Waals surface area contributed by atoms with Gasteiger partial charge in [-0.3, -0.25) is 11.3 Å². The fraction of sp³-hybridized carbons (Fsp3) is 0.333. The lowest BCUT2D eigenvalue weighted by Gasteiger charge is -2.14. The van der Waals surface area contributed by atoms with Crippen LogP contribution in [0.15, 0.2) is 18.2 Å². The first-order chi connectivity index (χ1) is 6.19. The highest BCUT2D eigenvalue weighted by atomic mass is 19.1. The summed E-state index contributed by atoms with van der Waals surface area (Å²) in [6.07, 6.45) is 0. The average Bonchev–Trinajstić information content (AvgIpc) is 2.16. The third-order valence-corrected chi connectivity index (χ3v) is 1.91. The van der Waals surface area contributed by atoms with Gasteiger partial charge in [0, 0.05) is 17.7 Å². The van der Waals surface area contributed by atoms with E-state index in [2.05, 4.69) is 5.43 Å². The number of ether oxygens (including phenoxy) is 1. The minimum Gasteiger partial charge on any atom is -0.496 e. The predicted molar refractivity (Wildman–Crippen MR) is 48.7 cm³/mol. The van der Waals surface area contributed by atoms with E-state index >= 15 is 0 Å². The molecule has 4 heteroatoms. The van der Waals surface area contributed by atoms with Gasteiger partial charge < -0.3 is 4.74 Å². The van der Waals surface area contributed by atoms with E-state index in [1.165, 1.54) is 19.2 Å². The molecule has 0 aliphatic carbocycles. The van der Waals surface area contributed by atoms with Gasteiger partial charge in [-0.05, 0) is 13.0 Å². The number of hydrogen-bond donors (Lipinski definition) is 2. The standard InChI is InChI=1S/C9H13FN2O/c1-6(12-11)8-4-3-7(10)5-9(8)13-2/h3-6,12H,11H2,1-2H3/t6-/m0/s1. The molecule has 1 aromatic rings. The summed E-state index contributed by atoms with van der Waals surface area (Å²) in [5.41, 5.74) is 3.41. The van der Waals surface area contributed by atoms with Crippen LogP contribution in [0, 0.1) is 5.82 Å². The Morgan fingerprint density at radius 2 is 2.23 bits per heavy atom. The van der Waals surface area contributed by atoms with Crippen LogP contribution in [0.4, 0.5) is 4.39 Å². The monoisotopic (exact) mass is 184 g/mol. The van der Waals surface area contributed by atoms with E-state index in [0.717, 1.165) is 5.56 Å². The van der Waals surface area contributed by atoms with Crippen molar-refractivity contribution in [3.8, 4) is 5.75 Å². The second kappa shape index (κ2) is 4.20. The van der Waals surface area contributed by atoms with Crippen LogP contribution in [0.5, 0.6) is 5.75 Å². The fourth-order valence-corrected chi connectivity index (χ4v) is 1.13. The highest BCUT2D eigenvalue weighted by Crippen LogP contribution is 2.24. The van der Waals surface area contributed by atoms with Gasteiger partial charge in [0.05, 0.1) is 7.11 Å². The number of nitrogens with one attached hydrogen (secondary N) is 1. The van der Waals surface area contributed by atoms with Gasteiger partial charge in [0.15, 0.2) is 0 Å². The van der Waals surface area contributed by atoms with Gasteiger partial charge in [-0.25, -0.2) is 4.39 Å². The summed E-state index contributed by atoms with van der Waals surface area (Å²) in [7, 11) is 1.50. The Morgan fingerprint density at radius 3 is 2.77 bits per heavy atom. The Hall–Kier alpha value is -1.13. The molecular weight excluding hydrogens is 171 g/mol. The van der Waals surface area contributed by atoms with Crippen LogP contribution >= 0.6 is 0 Å². The van der Waals surface area contributed by atoms with Crippen molar-refractivity contribution in [3.05, 3.63) is 29.6 Å². The van der Waals surface area contributed by atoms with Gasteiger partial charge in [0.1, 0.15) is 11.6 Å². The first kappa shape index (κ1) is 9.95. The Kier molecular flexibility index (Phi) is 3.22. The smallest absolute Gasteiger partial charge is 0.126 e. The molecular formula is C9H13FN2O. The van der Waals surface area contributed by atoms with E-state index < -0.39 is 0 Å². The van der Waals surface area contributed by atoms with Crippen molar-refractivity contribution in [2.45, 2.75) is 13.0 Å². The lowest BCUT2D eigenvalue weighted by atomic mass is 10.1. The molecule has 3 N–H and O–H groups in total. The second-order valence-corrected chi connectivity index (χ2v) is 2.77. The molecule has 0 unspecified atom stereocenters. The molecule has 0 bridgehead atoms. The third kappa shape index (κ3) is 2.17. The summed E-state index contributed by atoms with van der Waals surface area (Å²) in [5.74, 6) is 5.46. The first-order valence-electron chi connectivity index (χ1n) is 3.98. The zero-order valence-corrected chi connectivity index (χ0v) is 7.67. The minimum absolute atomic E-state index is 0.0597. The molecule has 0 heterocycles. The average molecular weight is 184 g/mol. The zero-order chi connectivity index (χ0) is 9.84. The van der Waals surface area contributed by atoms with Gasteiger partial charge in [-0.15, -0.1) is 0 Å². The number of halogens is 1. The van der Waals surface area contributed by atoms with Crippen molar-refractivity contribution >= 4 is 0 Å². The zero-order valence-electron chi connectivity index (χ0n) is 7.67.